The highest BCUT2D eigenvalue weighted by molar-refractivity contribution is 5.81. The number of ether oxygens (including phenoxy) is 2. The predicted octanol–water partition coefficient (Wildman–Crippen LogP) is 1.27. The van der Waals surface area contributed by atoms with Crippen molar-refractivity contribution >= 4 is 12.1 Å². The van der Waals surface area contributed by atoms with E-state index in [1.807, 2.05) is 20.8 Å². The maximum atomic E-state index is 11.9. The lowest BCUT2D eigenvalue weighted by molar-refractivity contribution is -0.134. The molecule has 0 aliphatic carbocycles. The Morgan fingerprint density at radius 3 is 2.25 bits per heavy atom. The van der Waals surface area contributed by atoms with Crippen molar-refractivity contribution in [3.05, 3.63) is 12.2 Å². The number of esters is 1. The van der Waals surface area contributed by atoms with Crippen LogP contribution >= 0.6 is 0 Å². The monoisotopic (exact) mass is 284 g/mol. The van der Waals surface area contributed by atoms with Gasteiger partial charge in [0.1, 0.15) is 5.60 Å². The average molecular weight is 284 g/mol. The Labute approximate surface area is 120 Å². The van der Waals surface area contributed by atoms with E-state index in [9.17, 15) is 9.59 Å². The summed E-state index contributed by atoms with van der Waals surface area (Å²) in [5, 5.41) is 0. The highest BCUT2D eigenvalue weighted by atomic mass is 16.6. The summed E-state index contributed by atoms with van der Waals surface area (Å²) in [6.45, 7) is 9.07. The third-order valence-corrected chi connectivity index (χ3v) is 2.84. The average Bonchev–Trinajstić information content (AvgIpc) is 2.37. The summed E-state index contributed by atoms with van der Waals surface area (Å²) >= 11 is 0. The van der Waals surface area contributed by atoms with E-state index < -0.39 is 5.60 Å². The Morgan fingerprint density at radius 2 is 1.75 bits per heavy atom. The quantitative estimate of drug-likeness (QED) is 0.577. The molecule has 1 saturated heterocycles. The largest absolute Gasteiger partial charge is 0.466 e. The molecule has 0 aromatic carbocycles. The SMILES string of the molecule is COC(=O)C=CCN1CCN(C(=O)OC(C)(C)C)CC1. The summed E-state index contributed by atoms with van der Waals surface area (Å²) < 4.78 is 9.85. The predicted molar refractivity (Wildman–Crippen MR) is 75.4 cm³/mol. The molecule has 20 heavy (non-hydrogen) atoms. The maximum Gasteiger partial charge on any atom is 0.410 e. The second-order valence-electron chi connectivity index (χ2n) is 5.69. The second-order valence-corrected chi connectivity index (χ2v) is 5.69. The van der Waals surface area contributed by atoms with Crippen LogP contribution in [0.1, 0.15) is 20.8 Å². The second kappa shape index (κ2) is 7.28. The Morgan fingerprint density at radius 1 is 1.15 bits per heavy atom. The fourth-order valence-corrected chi connectivity index (χ4v) is 1.81. The molecule has 0 N–H and O–H groups in total. The number of rotatable bonds is 3. The molecule has 0 spiro atoms. The van der Waals surface area contributed by atoms with Crippen molar-refractivity contribution in [1.82, 2.24) is 9.80 Å². The molecule has 6 nitrogen and oxygen atoms in total. The zero-order valence-electron chi connectivity index (χ0n) is 12.7. The van der Waals surface area contributed by atoms with E-state index >= 15 is 0 Å². The van der Waals surface area contributed by atoms with Crippen LogP contribution in [-0.2, 0) is 14.3 Å². The minimum Gasteiger partial charge on any atom is -0.466 e. The van der Waals surface area contributed by atoms with Gasteiger partial charge in [-0.2, -0.15) is 0 Å². The molecule has 1 aliphatic heterocycles. The number of carbonyl (C=O) groups is 2. The van der Waals surface area contributed by atoms with Gasteiger partial charge in [0.05, 0.1) is 7.11 Å². The van der Waals surface area contributed by atoms with Crippen LogP contribution < -0.4 is 0 Å². The lowest BCUT2D eigenvalue weighted by atomic mass is 10.2. The number of nitrogens with zero attached hydrogens (tertiary/aromatic N) is 2. The van der Waals surface area contributed by atoms with Crippen molar-refractivity contribution in [2.24, 2.45) is 0 Å². The van der Waals surface area contributed by atoms with Gasteiger partial charge in [0.15, 0.2) is 0 Å². The molecule has 1 heterocycles. The highest BCUT2D eigenvalue weighted by Crippen LogP contribution is 2.11. The molecule has 0 aromatic heterocycles. The Hall–Kier alpha value is -1.56. The number of carbonyl (C=O) groups excluding carboxylic acids is 2. The summed E-state index contributed by atoms with van der Waals surface area (Å²) in [5.41, 5.74) is -0.461. The van der Waals surface area contributed by atoms with Crippen molar-refractivity contribution in [3.63, 3.8) is 0 Å². The summed E-state index contributed by atoms with van der Waals surface area (Å²) in [7, 11) is 1.35. The van der Waals surface area contributed by atoms with Gasteiger partial charge in [-0.05, 0) is 20.8 Å². The first-order chi connectivity index (χ1) is 9.31. The van der Waals surface area contributed by atoms with Crippen molar-refractivity contribution in [1.29, 1.82) is 0 Å². The first-order valence-corrected chi connectivity index (χ1v) is 6.76. The van der Waals surface area contributed by atoms with Crippen molar-refractivity contribution in [3.8, 4) is 0 Å². The fraction of sp³-hybridized carbons (Fsp3) is 0.714. The Kier molecular flexibility index (Phi) is 6.01. The first-order valence-electron chi connectivity index (χ1n) is 6.76. The topological polar surface area (TPSA) is 59.1 Å². The van der Waals surface area contributed by atoms with E-state index in [0.29, 0.717) is 19.6 Å². The van der Waals surface area contributed by atoms with Gasteiger partial charge < -0.3 is 14.4 Å². The minimum atomic E-state index is -0.461. The lowest BCUT2D eigenvalue weighted by Gasteiger charge is -2.35. The number of hydrogen-bond acceptors (Lipinski definition) is 5. The molecule has 0 atom stereocenters. The normalized spacial score (nSPS) is 17.3. The van der Waals surface area contributed by atoms with Crippen LogP contribution in [0.25, 0.3) is 0 Å². The molecular weight excluding hydrogens is 260 g/mol. The molecule has 0 radical (unpaired) electrons. The van der Waals surface area contributed by atoms with Crippen LogP contribution in [0.3, 0.4) is 0 Å². The van der Waals surface area contributed by atoms with Crippen LogP contribution in [0.4, 0.5) is 4.79 Å². The van der Waals surface area contributed by atoms with Gasteiger partial charge in [0.2, 0.25) is 0 Å². The standard InChI is InChI=1S/C14H24N2O4/c1-14(2,3)20-13(18)16-10-8-15(9-11-16)7-5-6-12(17)19-4/h5-6H,7-11H2,1-4H3. The molecule has 1 amide bonds. The van der Waals surface area contributed by atoms with E-state index in [-0.39, 0.29) is 12.1 Å². The zero-order valence-corrected chi connectivity index (χ0v) is 12.7. The van der Waals surface area contributed by atoms with Gasteiger partial charge in [-0.15, -0.1) is 0 Å². The zero-order chi connectivity index (χ0) is 15.2. The molecule has 0 bridgehead atoms. The van der Waals surface area contributed by atoms with Gasteiger partial charge in [0, 0.05) is 38.8 Å². The van der Waals surface area contributed by atoms with Crippen LogP contribution in [0.2, 0.25) is 0 Å². The van der Waals surface area contributed by atoms with E-state index in [2.05, 4.69) is 9.64 Å². The van der Waals surface area contributed by atoms with Crippen LogP contribution in [-0.4, -0.2) is 67.3 Å². The number of piperazine rings is 1. The van der Waals surface area contributed by atoms with Crippen LogP contribution in [0.5, 0.6) is 0 Å². The number of methoxy groups -OCH3 is 1. The molecule has 114 valence electrons. The molecule has 1 aliphatic rings. The minimum absolute atomic E-state index is 0.262. The van der Waals surface area contributed by atoms with Gasteiger partial charge in [-0.3, -0.25) is 4.90 Å². The smallest absolute Gasteiger partial charge is 0.410 e. The van der Waals surface area contributed by atoms with E-state index in [4.69, 9.17) is 4.74 Å². The molecule has 0 aromatic rings. The fourth-order valence-electron chi connectivity index (χ4n) is 1.81. The first kappa shape index (κ1) is 16.5. The lowest BCUT2D eigenvalue weighted by Crippen LogP contribution is -2.49. The molecule has 0 unspecified atom stereocenters. The van der Waals surface area contributed by atoms with Gasteiger partial charge in [-0.1, -0.05) is 6.08 Å². The van der Waals surface area contributed by atoms with Gasteiger partial charge in [-0.25, -0.2) is 9.59 Å². The summed E-state index contributed by atoms with van der Waals surface area (Å²) in [5.74, 6) is -0.350. The highest BCUT2D eigenvalue weighted by Gasteiger charge is 2.25. The molecule has 1 rings (SSSR count). The number of hydrogen-bond donors (Lipinski definition) is 0. The molecular formula is C14H24N2O4. The molecule has 1 fully saturated rings. The van der Waals surface area contributed by atoms with E-state index in [1.165, 1.54) is 13.2 Å². The Balaban J connectivity index is 2.31. The summed E-state index contributed by atoms with van der Waals surface area (Å²) in [6.07, 6.45) is 2.93. The van der Waals surface area contributed by atoms with Crippen LogP contribution in [0.15, 0.2) is 12.2 Å². The third kappa shape index (κ3) is 6.06. The third-order valence-electron chi connectivity index (χ3n) is 2.84. The summed E-state index contributed by atoms with van der Waals surface area (Å²) in [4.78, 5) is 26.7. The van der Waals surface area contributed by atoms with Crippen LogP contribution in [0, 0.1) is 0 Å². The van der Waals surface area contributed by atoms with Gasteiger partial charge >= 0.3 is 12.1 Å². The van der Waals surface area contributed by atoms with E-state index in [0.717, 1.165) is 13.1 Å². The van der Waals surface area contributed by atoms with Crippen molar-refractivity contribution in [2.75, 3.05) is 39.8 Å². The summed E-state index contributed by atoms with van der Waals surface area (Å²) in [6, 6.07) is 0. The van der Waals surface area contributed by atoms with E-state index in [1.54, 1.807) is 11.0 Å². The van der Waals surface area contributed by atoms with Crippen molar-refractivity contribution < 1.29 is 19.1 Å². The Bertz CT molecular complexity index is 366. The molecule has 0 saturated carbocycles. The van der Waals surface area contributed by atoms with Crippen molar-refractivity contribution in [2.45, 2.75) is 26.4 Å². The molecule has 6 heteroatoms. The van der Waals surface area contributed by atoms with Gasteiger partial charge in [0.25, 0.3) is 0 Å². The maximum absolute atomic E-state index is 11.9. The number of amides is 1.